The molecule has 2 heterocycles. The number of tetrazole rings is 1. The third-order valence-electron chi connectivity index (χ3n) is 6.49. The molecule has 0 unspecified atom stereocenters. The van der Waals surface area contributed by atoms with Gasteiger partial charge in [0.25, 0.3) is 5.91 Å². The molecule has 1 saturated carbocycles. The van der Waals surface area contributed by atoms with Crippen molar-refractivity contribution in [1.29, 1.82) is 0 Å². The van der Waals surface area contributed by atoms with Gasteiger partial charge in [-0.05, 0) is 53.8 Å². The average Bonchev–Trinajstić information content (AvgIpc) is 3.56. The fourth-order valence-corrected chi connectivity index (χ4v) is 4.68. The number of carbonyl (C=O) groups excluding carboxylic acids is 1. The number of rotatable bonds is 7. The molecule has 0 spiro atoms. The lowest BCUT2D eigenvalue weighted by molar-refractivity contribution is 0.0916. The molecule has 9 heteroatoms. The number of nitrogens with one attached hydrogen (secondary N) is 2. The van der Waals surface area contributed by atoms with Gasteiger partial charge in [-0.25, -0.2) is 14.8 Å². The van der Waals surface area contributed by atoms with Gasteiger partial charge in [0.15, 0.2) is 5.82 Å². The number of nitrogens with zero attached hydrogens (tertiary/aromatic N) is 6. The maximum absolute atomic E-state index is 12.8. The van der Waals surface area contributed by atoms with Crippen molar-refractivity contribution >= 4 is 5.91 Å². The van der Waals surface area contributed by atoms with Gasteiger partial charge in [0.05, 0.1) is 0 Å². The Hall–Kier alpha value is -3.88. The second-order valence-corrected chi connectivity index (χ2v) is 9.37. The van der Waals surface area contributed by atoms with Crippen LogP contribution < -0.4 is 5.32 Å². The van der Waals surface area contributed by atoms with Crippen molar-refractivity contribution in [1.82, 2.24) is 40.7 Å². The van der Waals surface area contributed by atoms with E-state index in [1.165, 1.54) is 19.3 Å². The van der Waals surface area contributed by atoms with Gasteiger partial charge < -0.3 is 5.32 Å². The van der Waals surface area contributed by atoms with E-state index in [2.05, 4.69) is 80.2 Å². The van der Waals surface area contributed by atoms with Crippen LogP contribution in [-0.4, -0.2) is 47.3 Å². The number of H-pyrrole nitrogens is 1. The second-order valence-electron chi connectivity index (χ2n) is 9.37. The van der Waals surface area contributed by atoms with Gasteiger partial charge in [0.1, 0.15) is 5.82 Å². The van der Waals surface area contributed by atoms with Crippen LogP contribution in [0.2, 0.25) is 0 Å². The van der Waals surface area contributed by atoms with Crippen molar-refractivity contribution in [3.05, 3.63) is 65.7 Å². The third-order valence-corrected chi connectivity index (χ3v) is 6.49. The molecule has 5 rings (SSSR count). The van der Waals surface area contributed by atoms with Gasteiger partial charge in [0, 0.05) is 24.1 Å². The van der Waals surface area contributed by atoms with Crippen LogP contribution in [0.3, 0.4) is 0 Å². The number of aromatic nitrogens is 7. The van der Waals surface area contributed by atoms with Crippen molar-refractivity contribution in [3.63, 3.8) is 0 Å². The predicted molar refractivity (Wildman–Crippen MR) is 133 cm³/mol. The van der Waals surface area contributed by atoms with Crippen LogP contribution in [0, 0.1) is 0 Å². The minimum Gasteiger partial charge on any atom is -0.347 e. The molecule has 9 nitrogen and oxygen atoms in total. The number of carbonyl (C=O) groups is 1. The molecule has 0 aliphatic heterocycles. The molecule has 0 saturated heterocycles. The van der Waals surface area contributed by atoms with Crippen LogP contribution in [0.4, 0.5) is 0 Å². The van der Waals surface area contributed by atoms with Gasteiger partial charge in [-0.2, -0.15) is 0 Å². The molecule has 2 aromatic carbocycles. The van der Waals surface area contributed by atoms with Gasteiger partial charge >= 0.3 is 0 Å². The largest absolute Gasteiger partial charge is 0.347 e. The van der Waals surface area contributed by atoms with E-state index in [4.69, 9.17) is 0 Å². The van der Waals surface area contributed by atoms with Gasteiger partial charge in [0.2, 0.25) is 5.82 Å². The first-order chi connectivity index (χ1) is 17.1. The minimum absolute atomic E-state index is 0.107. The van der Waals surface area contributed by atoms with E-state index in [1.54, 1.807) is 0 Å². The summed E-state index contributed by atoms with van der Waals surface area (Å²) < 4.78 is 1.86. The normalized spacial score (nSPS) is 14.4. The van der Waals surface area contributed by atoms with Crippen LogP contribution in [-0.2, 0) is 6.42 Å². The average molecular weight is 471 g/mol. The lowest BCUT2D eigenvalue weighted by Gasteiger charge is -2.21. The Labute approximate surface area is 204 Å². The summed E-state index contributed by atoms with van der Waals surface area (Å²) in [7, 11) is 0. The molecule has 180 valence electrons. The number of hydrogen-bond acceptors (Lipinski definition) is 6. The summed E-state index contributed by atoms with van der Waals surface area (Å²) in [6, 6.07) is 16.7. The molecule has 0 bridgehead atoms. The van der Waals surface area contributed by atoms with E-state index in [-0.39, 0.29) is 23.8 Å². The fourth-order valence-electron chi connectivity index (χ4n) is 4.68. The van der Waals surface area contributed by atoms with Crippen LogP contribution in [0.25, 0.3) is 22.5 Å². The Morgan fingerprint density at radius 1 is 1.06 bits per heavy atom. The van der Waals surface area contributed by atoms with E-state index < -0.39 is 0 Å². The lowest BCUT2D eigenvalue weighted by atomic mass is 9.95. The molecule has 1 aliphatic carbocycles. The molecule has 2 N–H and O–H groups in total. The van der Waals surface area contributed by atoms with Crippen LogP contribution in [0.15, 0.2) is 48.5 Å². The standard InChI is InChI=1S/C26H30N8O/c1-17(2)34-23(28-25(31-34)26(35)27-20-8-4-3-5-9-20)16-18-12-14-19(15-13-18)21-10-6-7-11-22(21)24-29-32-33-30-24/h6-7,10-15,17,20H,3-5,8-9,16H2,1-2H3,(H,27,35)(H,29,30,32,33). The maximum atomic E-state index is 12.8. The molecule has 1 aliphatic rings. The first kappa shape index (κ1) is 22.9. The molecule has 4 aromatic rings. The number of amides is 1. The van der Waals surface area contributed by atoms with Crippen molar-refractivity contribution in [2.75, 3.05) is 0 Å². The van der Waals surface area contributed by atoms with Crippen molar-refractivity contribution in [2.24, 2.45) is 0 Å². The zero-order valence-electron chi connectivity index (χ0n) is 20.1. The SMILES string of the molecule is CC(C)n1nc(C(=O)NC2CCCCC2)nc1Cc1ccc(-c2ccccc2-c2nnn[nH]2)cc1. The number of aromatic amines is 1. The van der Waals surface area contributed by atoms with E-state index in [9.17, 15) is 4.79 Å². The van der Waals surface area contributed by atoms with Crippen LogP contribution in [0.5, 0.6) is 0 Å². The Morgan fingerprint density at radius 3 is 2.49 bits per heavy atom. The third kappa shape index (κ3) is 5.13. The number of benzene rings is 2. The highest BCUT2D eigenvalue weighted by molar-refractivity contribution is 5.90. The Bertz CT molecular complexity index is 1270. The maximum Gasteiger partial charge on any atom is 0.291 e. The molecule has 1 fully saturated rings. The molecule has 2 aromatic heterocycles. The quantitative estimate of drug-likeness (QED) is 0.415. The zero-order chi connectivity index (χ0) is 24.2. The summed E-state index contributed by atoms with van der Waals surface area (Å²) >= 11 is 0. The predicted octanol–water partition coefficient (Wildman–Crippen LogP) is 4.36. The van der Waals surface area contributed by atoms with Crippen LogP contribution in [0.1, 0.15) is 74.0 Å². The molecular weight excluding hydrogens is 440 g/mol. The Morgan fingerprint density at radius 2 is 1.80 bits per heavy atom. The first-order valence-corrected chi connectivity index (χ1v) is 12.3. The highest BCUT2D eigenvalue weighted by Crippen LogP contribution is 2.30. The summed E-state index contributed by atoms with van der Waals surface area (Å²) in [5.74, 6) is 1.50. The van der Waals surface area contributed by atoms with Gasteiger partial charge in [-0.1, -0.05) is 67.8 Å². The summed E-state index contributed by atoms with van der Waals surface area (Å²) in [4.78, 5) is 17.5. The second kappa shape index (κ2) is 10.2. The summed E-state index contributed by atoms with van der Waals surface area (Å²) in [5, 5.41) is 22.0. The van der Waals surface area contributed by atoms with Gasteiger partial charge in [-0.3, -0.25) is 4.79 Å². The lowest BCUT2D eigenvalue weighted by Crippen LogP contribution is -2.36. The molecule has 0 radical (unpaired) electrons. The fraction of sp³-hybridized carbons (Fsp3) is 0.385. The first-order valence-electron chi connectivity index (χ1n) is 12.3. The summed E-state index contributed by atoms with van der Waals surface area (Å²) in [6.45, 7) is 4.11. The summed E-state index contributed by atoms with van der Waals surface area (Å²) in [5.41, 5.74) is 4.16. The minimum atomic E-state index is -0.175. The Kier molecular flexibility index (Phi) is 6.65. The molecule has 1 amide bonds. The van der Waals surface area contributed by atoms with Gasteiger partial charge in [-0.15, -0.1) is 10.2 Å². The zero-order valence-corrected chi connectivity index (χ0v) is 20.1. The molecule has 0 atom stereocenters. The van der Waals surface area contributed by atoms with Crippen LogP contribution >= 0.6 is 0 Å². The van der Waals surface area contributed by atoms with Crippen molar-refractivity contribution in [3.8, 4) is 22.5 Å². The number of hydrogen-bond donors (Lipinski definition) is 2. The van der Waals surface area contributed by atoms with E-state index >= 15 is 0 Å². The topological polar surface area (TPSA) is 114 Å². The smallest absolute Gasteiger partial charge is 0.291 e. The van der Waals surface area contributed by atoms with E-state index in [0.29, 0.717) is 12.2 Å². The highest BCUT2D eigenvalue weighted by atomic mass is 16.2. The summed E-state index contributed by atoms with van der Waals surface area (Å²) in [6.07, 6.45) is 6.24. The molecule has 35 heavy (non-hydrogen) atoms. The van der Waals surface area contributed by atoms with E-state index in [0.717, 1.165) is 40.9 Å². The Balaban J connectivity index is 1.35. The van der Waals surface area contributed by atoms with E-state index in [1.807, 2.05) is 22.9 Å². The van der Waals surface area contributed by atoms with Crippen molar-refractivity contribution in [2.45, 2.75) is 64.5 Å². The highest BCUT2D eigenvalue weighted by Gasteiger charge is 2.22. The monoisotopic (exact) mass is 470 g/mol. The van der Waals surface area contributed by atoms with Crippen molar-refractivity contribution < 1.29 is 4.79 Å². The molecular formula is C26H30N8O.